The Kier molecular flexibility index (Phi) is 4.99. The molecule has 0 unspecified atom stereocenters. The number of hydrogen-bond donors (Lipinski definition) is 2. The highest BCUT2D eigenvalue weighted by Crippen LogP contribution is 2.32. The van der Waals surface area contributed by atoms with Crippen molar-refractivity contribution in [2.45, 2.75) is 32.7 Å². The fourth-order valence-corrected chi connectivity index (χ4v) is 3.30. The summed E-state index contributed by atoms with van der Waals surface area (Å²) in [6.45, 7) is 5.45. The number of nitrogens with one attached hydrogen (secondary N) is 2. The molecule has 1 aliphatic rings. The van der Waals surface area contributed by atoms with Crippen LogP contribution in [0.25, 0.3) is 0 Å². The van der Waals surface area contributed by atoms with Crippen molar-refractivity contribution in [2.24, 2.45) is 0 Å². The van der Waals surface area contributed by atoms with Crippen molar-refractivity contribution in [2.75, 3.05) is 11.9 Å². The van der Waals surface area contributed by atoms with Crippen LogP contribution in [0.5, 0.6) is 0 Å². The van der Waals surface area contributed by atoms with Crippen LogP contribution in [0.15, 0.2) is 48.5 Å². The van der Waals surface area contributed by atoms with Crippen LogP contribution in [0.1, 0.15) is 30.0 Å². The highest BCUT2D eigenvalue weighted by Gasteiger charge is 2.51. The molecule has 0 radical (unpaired) electrons. The fourth-order valence-electron chi connectivity index (χ4n) is 3.30. The Bertz CT molecular complexity index is 895. The molecule has 0 spiro atoms. The average molecular weight is 365 g/mol. The molecule has 0 bridgehead atoms. The summed E-state index contributed by atoms with van der Waals surface area (Å²) in [5, 5.41) is 5.53. The Morgan fingerprint density at radius 2 is 1.78 bits per heavy atom. The number of aryl methyl sites for hydroxylation is 2. The van der Waals surface area contributed by atoms with Gasteiger partial charge in [-0.05, 0) is 49.1 Å². The summed E-state index contributed by atoms with van der Waals surface area (Å²) in [5.41, 5.74) is 2.40. The van der Waals surface area contributed by atoms with Gasteiger partial charge < -0.3 is 10.6 Å². The zero-order chi connectivity index (χ0) is 19.6. The number of anilines is 1. The molecule has 6 nitrogen and oxygen atoms in total. The quantitative estimate of drug-likeness (QED) is 0.799. The van der Waals surface area contributed by atoms with E-state index in [0.29, 0.717) is 17.7 Å². The van der Waals surface area contributed by atoms with Gasteiger partial charge in [0, 0.05) is 5.69 Å². The number of carbonyl (C=O) groups is 3. The van der Waals surface area contributed by atoms with E-state index in [1.165, 1.54) is 0 Å². The summed E-state index contributed by atoms with van der Waals surface area (Å²) in [5.74, 6) is -0.821. The third-order valence-electron chi connectivity index (χ3n) is 5.07. The molecule has 140 valence electrons. The smallest absolute Gasteiger partial charge is 0.325 e. The van der Waals surface area contributed by atoms with Gasteiger partial charge >= 0.3 is 6.03 Å². The fraction of sp³-hybridized carbons (Fsp3) is 0.286. The number of nitrogens with zero attached hydrogens (tertiary/aromatic N) is 1. The Morgan fingerprint density at radius 3 is 2.41 bits per heavy atom. The molecule has 1 fully saturated rings. The summed E-state index contributed by atoms with van der Waals surface area (Å²) in [7, 11) is 0. The van der Waals surface area contributed by atoms with Gasteiger partial charge in [0.2, 0.25) is 5.91 Å². The number of hydrogen-bond acceptors (Lipinski definition) is 3. The Hall–Kier alpha value is -3.15. The molecule has 27 heavy (non-hydrogen) atoms. The van der Waals surface area contributed by atoms with Crippen LogP contribution in [0.4, 0.5) is 10.5 Å². The molecular weight excluding hydrogens is 342 g/mol. The summed E-state index contributed by atoms with van der Waals surface area (Å²) in [6.07, 6.45) is 0.400. The van der Waals surface area contributed by atoms with E-state index in [1.807, 2.05) is 51.1 Å². The number of carbonyl (C=O) groups excluding carboxylic acids is 3. The Morgan fingerprint density at radius 1 is 1.07 bits per heavy atom. The van der Waals surface area contributed by atoms with Crippen molar-refractivity contribution in [1.82, 2.24) is 10.2 Å². The van der Waals surface area contributed by atoms with Gasteiger partial charge in [0.25, 0.3) is 5.91 Å². The molecule has 1 saturated heterocycles. The molecule has 2 aromatic rings. The van der Waals surface area contributed by atoms with Gasteiger partial charge in [-0.3, -0.25) is 14.5 Å². The second-order valence-electron chi connectivity index (χ2n) is 6.79. The van der Waals surface area contributed by atoms with Gasteiger partial charge in [0.1, 0.15) is 12.1 Å². The molecule has 2 aromatic carbocycles. The van der Waals surface area contributed by atoms with Crippen LogP contribution in [0, 0.1) is 13.8 Å². The largest absolute Gasteiger partial charge is 0.325 e. The molecule has 6 heteroatoms. The second kappa shape index (κ2) is 7.23. The topological polar surface area (TPSA) is 78.5 Å². The van der Waals surface area contributed by atoms with Crippen molar-refractivity contribution in [3.05, 3.63) is 65.2 Å². The maximum absolute atomic E-state index is 13.0. The van der Waals surface area contributed by atoms with Gasteiger partial charge in [0.05, 0.1) is 0 Å². The molecule has 0 aliphatic carbocycles. The normalized spacial score (nSPS) is 19.1. The van der Waals surface area contributed by atoms with E-state index in [0.717, 1.165) is 16.0 Å². The monoisotopic (exact) mass is 365 g/mol. The first-order chi connectivity index (χ1) is 12.9. The minimum absolute atomic E-state index is 0.327. The number of rotatable bonds is 5. The molecule has 0 aromatic heterocycles. The van der Waals surface area contributed by atoms with Gasteiger partial charge in [-0.2, -0.15) is 0 Å². The highest BCUT2D eigenvalue weighted by molar-refractivity contribution is 6.10. The van der Waals surface area contributed by atoms with Crippen LogP contribution in [-0.2, 0) is 15.1 Å². The van der Waals surface area contributed by atoms with E-state index in [-0.39, 0.29) is 6.54 Å². The minimum Gasteiger partial charge on any atom is -0.325 e. The van der Waals surface area contributed by atoms with E-state index in [9.17, 15) is 14.4 Å². The maximum atomic E-state index is 13.0. The molecule has 1 atom stereocenters. The zero-order valence-electron chi connectivity index (χ0n) is 15.7. The third kappa shape index (κ3) is 3.43. The van der Waals surface area contributed by atoms with Crippen molar-refractivity contribution < 1.29 is 14.4 Å². The SMILES string of the molecule is CC[C@]1(c2ccccc2)NC(=O)N(CC(=O)Nc2ccc(C)c(C)c2)C1=O. The van der Waals surface area contributed by atoms with Crippen molar-refractivity contribution in [1.29, 1.82) is 0 Å². The summed E-state index contributed by atoms with van der Waals surface area (Å²) < 4.78 is 0. The second-order valence-corrected chi connectivity index (χ2v) is 6.79. The van der Waals surface area contributed by atoms with Crippen LogP contribution in [0.3, 0.4) is 0 Å². The van der Waals surface area contributed by atoms with E-state index >= 15 is 0 Å². The van der Waals surface area contributed by atoms with E-state index in [2.05, 4.69) is 10.6 Å². The average Bonchev–Trinajstić information content (AvgIpc) is 2.90. The van der Waals surface area contributed by atoms with E-state index in [1.54, 1.807) is 18.2 Å². The molecule has 4 amide bonds. The van der Waals surface area contributed by atoms with E-state index in [4.69, 9.17) is 0 Å². The minimum atomic E-state index is -1.13. The maximum Gasteiger partial charge on any atom is 0.325 e. The first-order valence-electron chi connectivity index (χ1n) is 8.94. The number of imide groups is 1. The standard InChI is InChI=1S/C21H23N3O3/c1-4-21(16-8-6-5-7-9-16)19(26)24(20(27)23-21)13-18(25)22-17-11-10-14(2)15(3)12-17/h5-12H,4,13H2,1-3H3,(H,22,25)(H,23,27)/t21-/m1/s1. The Labute approximate surface area is 158 Å². The lowest BCUT2D eigenvalue weighted by Gasteiger charge is -2.25. The van der Waals surface area contributed by atoms with Crippen molar-refractivity contribution in [3.63, 3.8) is 0 Å². The van der Waals surface area contributed by atoms with Gasteiger partial charge in [-0.1, -0.05) is 43.3 Å². The first kappa shape index (κ1) is 18.6. The molecule has 1 heterocycles. The van der Waals surface area contributed by atoms with Crippen LogP contribution < -0.4 is 10.6 Å². The molecule has 1 aliphatic heterocycles. The predicted molar refractivity (Wildman–Crippen MR) is 103 cm³/mol. The van der Waals surface area contributed by atoms with E-state index < -0.39 is 23.4 Å². The van der Waals surface area contributed by atoms with Crippen molar-refractivity contribution in [3.8, 4) is 0 Å². The van der Waals surface area contributed by atoms with Crippen LogP contribution in [0.2, 0.25) is 0 Å². The molecule has 2 N–H and O–H groups in total. The Balaban J connectivity index is 1.77. The van der Waals surface area contributed by atoms with Gasteiger partial charge in [-0.25, -0.2) is 4.79 Å². The summed E-state index contributed by atoms with van der Waals surface area (Å²) in [4.78, 5) is 38.8. The first-order valence-corrected chi connectivity index (χ1v) is 8.94. The van der Waals surface area contributed by atoms with Crippen LogP contribution >= 0.6 is 0 Å². The lowest BCUT2D eigenvalue weighted by Crippen LogP contribution is -2.44. The third-order valence-corrected chi connectivity index (χ3v) is 5.07. The molecule has 0 saturated carbocycles. The lowest BCUT2D eigenvalue weighted by molar-refractivity contribution is -0.134. The number of urea groups is 1. The highest BCUT2D eigenvalue weighted by atomic mass is 16.2. The summed E-state index contributed by atoms with van der Waals surface area (Å²) >= 11 is 0. The number of amides is 4. The lowest BCUT2D eigenvalue weighted by atomic mass is 9.87. The molecular formula is C21H23N3O3. The predicted octanol–water partition coefficient (Wildman–Crippen LogP) is 3.10. The zero-order valence-corrected chi connectivity index (χ0v) is 15.7. The van der Waals surface area contributed by atoms with Gasteiger partial charge in [-0.15, -0.1) is 0 Å². The van der Waals surface area contributed by atoms with Crippen molar-refractivity contribution >= 4 is 23.5 Å². The summed E-state index contributed by atoms with van der Waals surface area (Å²) in [6, 6.07) is 14.1. The van der Waals surface area contributed by atoms with Crippen LogP contribution in [-0.4, -0.2) is 29.3 Å². The molecule has 3 rings (SSSR count). The van der Waals surface area contributed by atoms with Gasteiger partial charge in [0.15, 0.2) is 0 Å². The number of benzene rings is 2.